The lowest BCUT2D eigenvalue weighted by Gasteiger charge is -2.22. The fourth-order valence-corrected chi connectivity index (χ4v) is 3.54. The topological polar surface area (TPSA) is 95.7 Å². The standard InChI is InChI=1S/C21H22FN3O5/c1-11(13-5-4-6-14-15(22)10-30-19(13)14)23-20-18(21-28-7-8-29-21)16(9-17(26)27-3)24-12(2)25-20/h4-6,10-11,21H,7-9H2,1-3H3,(H,23,24,25)/t11-/m1/s1. The fourth-order valence-electron chi connectivity index (χ4n) is 3.54. The normalized spacial score (nSPS) is 15.5. The van der Waals surface area contributed by atoms with E-state index in [0.717, 1.165) is 11.8 Å². The number of para-hydroxylation sites is 1. The van der Waals surface area contributed by atoms with Crippen LogP contribution in [0.5, 0.6) is 0 Å². The summed E-state index contributed by atoms with van der Waals surface area (Å²) in [6.07, 6.45) is 0.354. The Kier molecular flexibility index (Phi) is 5.65. The van der Waals surface area contributed by atoms with Crippen LogP contribution < -0.4 is 5.32 Å². The van der Waals surface area contributed by atoms with Crippen molar-refractivity contribution in [2.24, 2.45) is 0 Å². The zero-order valence-electron chi connectivity index (χ0n) is 16.9. The zero-order chi connectivity index (χ0) is 21.3. The molecular formula is C21H22FN3O5. The highest BCUT2D eigenvalue weighted by Crippen LogP contribution is 2.35. The summed E-state index contributed by atoms with van der Waals surface area (Å²) in [6.45, 7) is 4.50. The average molecular weight is 415 g/mol. The number of ether oxygens (including phenoxy) is 3. The second-order valence-electron chi connectivity index (χ2n) is 6.98. The van der Waals surface area contributed by atoms with E-state index in [0.29, 0.717) is 47.1 Å². The van der Waals surface area contributed by atoms with Crippen LogP contribution in [0.4, 0.5) is 10.2 Å². The molecule has 1 aliphatic rings. The van der Waals surface area contributed by atoms with Gasteiger partial charge in [0.25, 0.3) is 0 Å². The molecule has 158 valence electrons. The van der Waals surface area contributed by atoms with Crippen molar-refractivity contribution in [2.75, 3.05) is 25.6 Å². The van der Waals surface area contributed by atoms with Crippen molar-refractivity contribution in [1.82, 2.24) is 9.97 Å². The molecule has 9 heteroatoms. The number of carbonyl (C=O) groups excluding carboxylic acids is 1. The van der Waals surface area contributed by atoms with Crippen LogP contribution in [0.1, 0.15) is 41.9 Å². The molecule has 0 saturated carbocycles. The van der Waals surface area contributed by atoms with Crippen molar-refractivity contribution in [3.05, 3.63) is 52.9 Å². The van der Waals surface area contributed by atoms with Gasteiger partial charge in [-0.1, -0.05) is 12.1 Å². The first-order valence-electron chi connectivity index (χ1n) is 9.57. The number of nitrogens with one attached hydrogen (secondary N) is 1. The maximum atomic E-state index is 13.9. The van der Waals surface area contributed by atoms with Gasteiger partial charge in [0.1, 0.15) is 23.5 Å². The van der Waals surface area contributed by atoms with E-state index in [-0.39, 0.29) is 12.5 Å². The first-order chi connectivity index (χ1) is 14.5. The summed E-state index contributed by atoms with van der Waals surface area (Å²) in [7, 11) is 1.32. The fraction of sp³-hybridized carbons (Fsp3) is 0.381. The van der Waals surface area contributed by atoms with Gasteiger partial charge in [0.05, 0.1) is 49.4 Å². The summed E-state index contributed by atoms with van der Waals surface area (Å²) in [5.74, 6) is 0.116. The van der Waals surface area contributed by atoms with E-state index < -0.39 is 18.1 Å². The molecule has 1 saturated heterocycles. The molecule has 1 atom stereocenters. The third-order valence-corrected chi connectivity index (χ3v) is 4.94. The smallest absolute Gasteiger partial charge is 0.311 e. The largest absolute Gasteiger partial charge is 0.469 e. The van der Waals surface area contributed by atoms with Crippen LogP contribution in [-0.4, -0.2) is 36.3 Å². The van der Waals surface area contributed by atoms with Gasteiger partial charge in [-0.25, -0.2) is 14.4 Å². The van der Waals surface area contributed by atoms with Crippen LogP contribution in [0.3, 0.4) is 0 Å². The lowest BCUT2D eigenvalue weighted by atomic mass is 10.0. The highest BCUT2D eigenvalue weighted by molar-refractivity contribution is 5.82. The molecule has 30 heavy (non-hydrogen) atoms. The number of methoxy groups -OCH3 is 1. The molecule has 0 aliphatic carbocycles. The van der Waals surface area contributed by atoms with E-state index in [2.05, 4.69) is 15.3 Å². The number of aryl methyl sites for hydroxylation is 1. The minimum atomic E-state index is -0.697. The molecule has 1 aliphatic heterocycles. The molecule has 2 aromatic heterocycles. The Morgan fingerprint density at radius 3 is 2.83 bits per heavy atom. The summed E-state index contributed by atoms with van der Waals surface area (Å²) in [5, 5.41) is 3.74. The molecule has 3 heterocycles. The summed E-state index contributed by atoms with van der Waals surface area (Å²) < 4.78 is 35.5. The molecule has 4 rings (SSSR count). The highest BCUT2D eigenvalue weighted by Gasteiger charge is 2.29. The first-order valence-corrected chi connectivity index (χ1v) is 9.57. The minimum absolute atomic E-state index is 0.0412. The number of furan rings is 1. The van der Waals surface area contributed by atoms with Gasteiger partial charge in [-0.3, -0.25) is 4.79 Å². The van der Waals surface area contributed by atoms with Gasteiger partial charge in [0.2, 0.25) is 0 Å². The summed E-state index contributed by atoms with van der Waals surface area (Å²) in [6, 6.07) is 5.00. The van der Waals surface area contributed by atoms with E-state index >= 15 is 0 Å². The summed E-state index contributed by atoms with van der Waals surface area (Å²) >= 11 is 0. The van der Waals surface area contributed by atoms with Gasteiger partial charge in [0.15, 0.2) is 12.1 Å². The van der Waals surface area contributed by atoms with Gasteiger partial charge in [-0.05, 0) is 19.9 Å². The summed E-state index contributed by atoms with van der Waals surface area (Å²) in [4.78, 5) is 20.9. The number of halogens is 1. The predicted octanol–water partition coefficient (Wildman–Crippen LogP) is 3.60. The van der Waals surface area contributed by atoms with E-state index in [4.69, 9.17) is 18.6 Å². The van der Waals surface area contributed by atoms with Gasteiger partial charge in [-0.2, -0.15) is 0 Å². The molecule has 8 nitrogen and oxygen atoms in total. The number of aromatic nitrogens is 2. The SMILES string of the molecule is COC(=O)Cc1nc(C)nc(N[C@H](C)c2cccc3c(F)coc23)c1C1OCCO1. The number of carbonyl (C=O) groups is 1. The van der Waals surface area contributed by atoms with E-state index in [9.17, 15) is 9.18 Å². The molecule has 0 spiro atoms. The Balaban J connectivity index is 1.74. The molecule has 3 aromatic rings. The number of rotatable bonds is 6. The van der Waals surface area contributed by atoms with Gasteiger partial charge in [-0.15, -0.1) is 0 Å². The molecule has 1 aromatic carbocycles. The molecule has 0 amide bonds. The Morgan fingerprint density at radius 1 is 1.33 bits per heavy atom. The number of nitrogens with zero attached hydrogens (tertiary/aromatic N) is 2. The van der Waals surface area contributed by atoms with Gasteiger partial charge < -0.3 is 23.9 Å². The number of benzene rings is 1. The number of hydrogen-bond acceptors (Lipinski definition) is 8. The Labute approximate surface area is 172 Å². The number of esters is 1. The Morgan fingerprint density at radius 2 is 2.10 bits per heavy atom. The maximum Gasteiger partial charge on any atom is 0.311 e. The van der Waals surface area contributed by atoms with Crippen molar-refractivity contribution < 1.29 is 27.8 Å². The Hall–Kier alpha value is -3.04. The molecule has 0 radical (unpaired) electrons. The average Bonchev–Trinajstić information content (AvgIpc) is 3.38. The highest BCUT2D eigenvalue weighted by atomic mass is 19.1. The zero-order valence-corrected chi connectivity index (χ0v) is 16.9. The molecule has 0 bridgehead atoms. The second kappa shape index (κ2) is 8.37. The van der Waals surface area contributed by atoms with E-state index in [1.165, 1.54) is 7.11 Å². The van der Waals surface area contributed by atoms with Crippen molar-refractivity contribution in [1.29, 1.82) is 0 Å². The van der Waals surface area contributed by atoms with Crippen LogP contribution >= 0.6 is 0 Å². The number of hydrogen-bond donors (Lipinski definition) is 1. The van der Waals surface area contributed by atoms with E-state index in [1.54, 1.807) is 19.1 Å². The third-order valence-electron chi connectivity index (χ3n) is 4.94. The van der Waals surface area contributed by atoms with Crippen LogP contribution in [0.15, 0.2) is 28.9 Å². The van der Waals surface area contributed by atoms with Crippen LogP contribution in [-0.2, 0) is 25.4 Å². The van der Waals surface area contributed by atoms with Crippen molar-refractivity contribution in [3.63, 3.8) is 0 Å². The Bertz CT molecular complexity index is 1080. The van der Waals surface area contributed by atoms with Crippen LogP contribution in [0, 0.1) is 12.7 Å². The number of anilines is 1. The second-order valence-corrected chi connectivity index (χ2v) is 6.98. The molecule has 1 fully saturated rings. The first kappa shape index (κ1) is 20.2. The predicted molar refractivity (Wildman–Crippen MR) is 105 cm³/mol. The summed E-state index contributed by atoms with van der Waals surface area (Å²) in [5.41, 5.74) is 2.25. The maximum absolute atomic E-state index is 13.9. The molecule has 0 unspecified atom stereocenters. The number of fused-ring (bicyclic) bond motifs is 1. The lowest BCUT2D eigenvalue weighted by molar-refractivity contribution is -0.139. The van der Waals surface area contributed by atoms with E-state index in [1.807, 2.05) is 13.0 Å². The van der Waals surface area contributed by atoms with Gasteiger partial charge >= 0.3 is 5.97 Å². The minimum Gasteiger partial charge on any atom is -0.469 e. The monoisotopic (exact) mass is 415 g/mol. The lowest BCUT2D eigenvalue weighted by Crippen LogP contribution is -2.18. The van der Waals surface area contributed by atoms with Crippen molar-refractivity contribution >= 4 is 22.8 Å². The third kappa shape index (κ3) is 3.86. The molecular weight excluding hydrogens is 393 g/mol. The molecule has 1 N–H and O–H groups in total. The van der Waals surface area contributed by atoms with Crippen molar-refractivity contribution in [2.45, 2.75) is 32.6 Å². The quantitative estimate of drug-likeness (QED) is 0.610. The van der Waals surface area contributed by atoms with Crippen molar-refractivity contribution in [3.8, 4) is 0 Å². The van der Waals surface area contributed by atoms with Crippen LogP contribution in [0.25, 0.3) is 11.0 Å². The van der Waals surface area contributed by atoms with Gasteiger partial charge in [0, 0.05) is 5.56 Å². The van der Waals surface area contributed by atoms with Crippen LogP contribution in [0.2, 0.25) is 0 Å².